The van der Waals surface area contributed by atoms with Crippen molar-refractivity contribution in [3.63, 3.8) is 0 Å². The van der Waals surface area contributed by atoms with Crippen molar-refractivity contribution < 1.29 is 23.9 Å². The second-order valence-electron chi connectivity index (χ2n) is 6.82. The van der Waals surface area contributed by atoms with Crippen LogP contribution in [0.5, 0.6) is 5.75 Å². The summed E-state index contributed by atoms with van der Waals surface area (Å²) in [5, 5.41) is 3.30. The van der Waals surface area contributed by atoms with Crippen molar-refractivity contribution in [1.82, 2.24) is 10.3 Å². The maximum atomic E-state index is 12.5. The van der Waals surface area contributed by atoms with Crippen LogP contribution in [-0.4, -0.2) is 41.9 Å². The van der Waals surface area contributed by atoms with Gasteiger partial charge in [0.05, 0.1) is 0 Å². The predicted molar refractivity (Wildman–Crippen MR) is 113 cm³/mol. The number of carbonyl (C=O) groups is 3. The molecule has 0 fully saturated rings. The van der Waals surface area contributed by atoms with Gasteiger partial charge in [-0.25, -0.2) is 4.79 Å². The molecule has 0 aliphatic rings. The maximum absolute atomic E-state index is 12.5. The maximum Gasteiger partial charge on any atom is 0.328 e. The van der Waals surface area contributed by atoms with Gasteiger partial charge in [-0.2, -0.15) is 0 Å². The molecule has 0 aliphatic heterocycles. The van der Waals surface area contributed by atoms with E-state index in [1.807, 2.05) is 31.2 Å². The summed E-state index contributed by atoms with van der Waals surface area (Å²) < 4.78 is 10.4. The van der Waals surface area contributed by atoms with Crippen molar-refractivity contribution in [3.05, 3.63) is 65.9 Å². The molecule has 3 aromatic rings. The lowest BCUT2D eigenvalue weighted by Crippen LogP contribution is -2.42. The van der Waals surface area contributed by atoms with E-state index in [1.54, 1.807) is 30.5 Å². The number of rotatable bonds is 9. The van der Waals surface area contributed by atoms with Gasteiger partial charge in [0.25, 0.3) is 5.91 Å². The van der Waals surface area contributed by atoms with Crippen LogP contribution in [-0.2, 0) is 20.7 Å². The molecule has 0 spiro atoms. The molecule has 1 atom stereocenters. The van der Waals surface area contributed by atoms with Crippen molar-refractivity contribution >= 4 is 28.6 Å². The highest BCUT2D eigenvalue weighted by Crippen LogP contribution is 2.22. The minimum Gasteiger partial charge on any atom is -0.484 e. The van der Waals surface area contributed by atoms with E-state index in [1.165, 1.54) is 6.92 Å². The zero-order valence-corrected chi connectivity index (χ0v) is 16.9. The molecule has 156 valence electrons. The number of ether oxygens (including phenoxy) is 2. The Hall–Kier alpha value is -3.61. The van der Waals surface area contributed by atoms with Crippen molar-refractivity contribution in [2.45, 2.75) is 26.3 Å². The molecule has 7 heteroatoms. The average molecular weight is 408 g/mol. The molecular formula is C23H24N2O5. The van der Waals surface area contributed by atoms with Gasteiger partial charge >= 0.3 is 5.97 Å². The van der Waals surface area contributed by atoms with E-state index in [-0.39, 0.29) is 12.4 Å². The first-order chi connectivity index (χ1) is 14.5. The Morgan fingerprint density at radius 2 is 1.80 bits per heavy atom. The second-order valence-corrected chi connectivity index (χ2v) is 6.82. The molecule has 7 nitrogen and oxygen atoms in total. The molecular weight excluding hydrogens is 384 g/mol. The Labute approximate surface area is 174 Å². The van der Waals surface area contributed by atoms with Crippen LogP contribution in [0.3, 0.4) is 0 Å². The number of carbonyl (C=O) groups excluding carboxylic acids is 3. The van der Waals surface area contributed by atoms with Crippen LogP contribution in [0.4, 0.5) is 0 Å². The SMILES string of the molecule is CCc1cccc2c(C(=O)COC(=O)[C@H](C)NC(=O)COc3ccccc3)c[nH]c12. The number of hydrogen-bond donors (Lipinski definition) is 2. The summed E-state index contributed by atoms with van der Waals surface area (Å²) in [7, 11) is 0. The molecule has 3 rings (SSSR count). The minimum atomic E-state index is -0.903. The van der Waals surface area contributed by atoms with E-state index in [9.17, 15) is 14.4 Å². The lowest BCUT2D eigenvalue weighted by Gasteiger charge is -2.13. The van der Waals surface area contributed by atoms with Gasteiger partial charge in [0.1, 0.15) is 11.8 Å². The van der Waals surface area contributed by atoms with Gasteiger partial charge in [0.15, 0.2) is 13.2 Å². The third kappa shape index (κ3) is 5.05. The van der Waals surface area contributed by atoms with E-state index in [2.05, 4.69) is 10.3 Å². The first kappa shape index (κ1) is 21.1. The van der Waals surface area contributed by atoms with Crippen molar-refractivity contribution in [3.8, 4) is 5.75 Å². The third-order valence-electron chi connectivity index (χ3n) is 4.67. The largest absolute Gasteiger partial charge is 0.484 e. The molecule has 1 heterocycles. The summed E-state index contributed by atoms with van der Waals surface area (Å²) in [6.07, 6.45) is 2.47. The number of hydrogen-bond acceptors (Lipinski definition) is 5. The molecule has 0 aliphatic carbocycles. The molecule has 2 N–H and O–H groups in total. The molecule has 0 unspecified atom stereocenters. The van der Waals surface area contributed by atoms with E-state index >= 15 is 0 Å². The number of amides is 1. The van der Waals surface area contributed by atoms with Crippen LogP contribution in [0, 0.1) is 0 Å². The lowest BCUT2D eigenvalue weighted by atomic mass is 10.1. The van der Waals surface area contributed by atoms with Gasteiger partial charge < -0.3 is 19.8 Å². The Balaban J connectivity index is 1.50. The minimum absolute atomic E-state index is 0.227. The summed E-state index contributed by atoms with van der Waals surface area (Å²) >= 11 is 0. The molecule has 2 aromatic carbocycles. The van der Waals surface area contributed by atoms with Crippen LogP contribution in [0.15, 0.2) is 54.7 Å². The van der Waals surface area contributed by atoms with E-state index < -0.39 is 24.5 Å². The van der Waals surface area contributed by atoms with Crippen LogP contribution in [0.1, 0.15) is 29.8 Å². The van der Waals surface area contributed by atoms with Gasteiger partial charge in [-0.1, -0.05) is 43.3 Å². The second kappa shape index (κ2) is 9.73. The van der Waals surface area contributed by atoms with E-state index in [4.69, 9.17) is 9.47 Å². The van der Waals surface area contributed by atoms with Gasteiger partial charge in [-0.05, 0) is 31.0 Å². The lowest BCUT2D eigenvalue weighted by molar-refractivity contribution is -0.146. The van der Waals surface area contributed by atoms with Gasteiger partial charge in [-0.15, -0.1) is 0 Å². The number of Topliss-reactive ketones (excluding diaryl/α,β-unsaturated/α-hetero) is 1. The quantitative estimate of drug-likeness (QED) is 0.419. The van der Waals surface area contributed by atoms with Crippen LogP contribution in [0.25, 0.3) is 10.9 Å². The van der Waals surface area contributed by atoms with E-state index in [0.29, 0.717) is 11.3 Å². The summed E-state index contributed by atoms with van der Waals surface area (Å²) in [5.74, 6) is -0.906. The topological polar surface area (TPSA) is 97.5 Å². The Bertz CT molecular complexity index is 1040. The molecule has 1 aromatic heterocycles. The number of nitrogens with one attached hydrogen (secondary N) is 2. The fourth-order valence-corrected chi connectivity index (χ4v) is 3.09. The molecule has 0 radical (unpaired) electrons. The Morgan fingerprint density at radius 1 is 1.03 bits per heavy atom. The fourth-order valence-electron chi connectivity index (χ4n) is 3.09. The number of fused-ring (bicyclic) bond motifs is 1. The third-order valence-corrected chi connectivity index (χ3v) is 4.67. The number of H-pyrrole nitrogens is 1. The van der Waals surface area contributed by atoms with Crippen LogP contribution < -0.4 is 10.1 Å². The number of aromatic amines is 1. The number of ketones is 1. The Morgan fingerprint density at radius 3 is 2.53 bits per heavy atom. The molecule has 1 amide bonds. The number of benzene rings is 2. The number of aryl methyl sites for hydroxylation is 1. The Kier molecular flexibility index (Phi) is 6.85. The van der Waals surface area contributed by atoms with Crippen molar-refractivity contribution in [2.75, 3.05) is 13.2 Å². The summed E-state index contributed by atoms with van der Waals surface area (Å²) in [4.78, 5) is 39.7. The normalized spacial score (nSPS) is 11.7. The first-order valence-corrected chi connectivity index (χ1v) is 9.75. The van der Waals surface area contributed by atoms with Crippen molar-refractivity contribution in [2.24, 2.45) is 0 Å². The molecule has 0 saturated carbocycles. The summed E-state index contributed by atoms with van der Waals surface area (Å²) in [6.45, 7) is 2.91. The molecule has 30 heavy (non-hydrogen) atoms. The van der Waals surface area contributed by atoms with Crippen molar-refractivity contribution in [1.29, 1.82) is 0 Å². The van der Waals surface area contributed by atoms with Gasteiger partial charge in [-0.3, -0.25) is 9.59 Å². The first-order valence-electron chi connectivity index (χ1n) is 9.75. The van der Waals surface area contributed by atoms with Gasteiger partial charge in [0, 0.05) is 22.7 Å². The molecule has 0 saturated heterocycles. The number of aromatic nitrogens is 1. The van der Waals surface area contributed by atoms with E-state index in [0.717, 1.165) is 22.9 Å². The number of esters is 1. The zero-order valence-electron chi connectivity index (χ0n) is 16.9. The standard InChI is InChI=1S/C23H24N2O5/c1-3-16-8-7-11-18-19(12-24-22(16)18)20(26)13-30-23(28)15(2)25-21(27)14-29-17-9-5-4-6-10-17/h4-12,15,24H,3,13-14H2,1-2H3,(H,25,27)/t15-/m0/s1. The highest BCUT2D eigenvalue weighted by atomic mass is 16.5. The predicted octanol–water partition coefficient (Wildman–Crippen LogP) is 3.04. The van der Waals surface area contributed by atoms with Crippen LogP contribution >= 0.6 is 0 Å². The molecule has 0 bridgehead atoms. The average Bonchev–Trinajstić information content (AvgIpc) is 3.21. The smallest absolute Gasteiger partial charge is 0.328 e. The van der Waals surface area contributed by atoms with Gasteiger partial charge in [0.2, 0.25) is 5.78 Å². The summed E-state index contributed by atoms with van der Waals surface area (Å²) in [6, 6.07) is 13.7. The zero-order chi connectivity index (χ0) is 21.5. The fraction of sp³-hybridized carbons (Fsp3) is 0.261. The monoisotopic (exact) mass is 408 g/mol. The van der Waals surface area contributed by atoms with Crippen LogP contribution in [0.2, 0.25) is 0 Å². The highest BCUT2D eigenvalue weighted by Gasteiger charge is 2.20. The summed E-state index contributed by atoms with van der Waals surface area (Å²) in [5.41, 5.74) is 2.49. The highest BCUT2D eigenvalue weighted by molar-refractivity contribution is 6.09. The number of para-hydroxylation sites is 2.